The quantitative estimate of drug-likeness (QED) is 0.541. The average Bonchev–Trinajstić information content (AvgIpc) is 2.73. The summed E-state index contributed by atoms with van der Waals surface area (Å²) < 4.78 is 2.86. The lowest BCUT2D eigenvalue weighted by atomic mass is 9.79. The molecule has 2 aliphatic heterocycles. The second kappa shape index (κ2) is 6.74. The molecule has 1 N–H and O–H groups in total. The van der Waals surface area contributed by atoms with Crippen molar-refractivity contribution >= 4 is 39.6 Å². The molecular formula is C17H19BrN2O4S. The maximum Gasteiger partial charge on any atom is 0.235 e. The number of carbonyl (C=O) groups is 2. The Kier molecular flexibility index (Phi) is 4.96. The Bertz CT molecular complexity index is 760. The highest BCUT2D eigenvalue weighted by molar-refractivity contribution is 9.10. The monoisotopic (exact) mass is 426 g/mol. The fourth-order valence-electron chi connectivity index (χ4n) is 3.69. The Morgan fingerprint density at radius 2 is 2.20 bits per heavy atom. The predicted octanol–water partition coefficient (Wildman–Crippen LogP) is 0.326. The van der Waals surface area contributed by atoms with E-state index in [1.54, 1.807) is 6.92 Å². The lowest BCUT2D eigenvalue weighted by molar-refractivity contribution is -0.672. The molecule has 1 fully saturated rings. The molecule has 0 spiro atoms. The Hall–Kier alpha value is -1.38. The minimum absolute atomic E-state index is 0.0382. The van der Waals surface area contributed by atoms with Crippen molar-refractivity contribution in [3.63, 3.8) is 0 Å². The predicted molar refractivity (Wildman–Crippen MR) is 93.6 cm³/mol. The summed E-state index contributed by atoms with van der Waals surface area (Å²) in [4.78, 5) is 25.8. The third-order valence-corrected chi connectivity index (χ3v) is 6.50. The number of halogens is 1. The van der Waals surface area contributed by atoms with E-state index >= 15 is 0 Å². The standard InChI is InChI=1S/C17H19BrN2O4S/c1-8-13-12(9(2)21)16(22)20(13)14(17(23)24)15(8)25-7-10-4-11(18)6-19(3)5-10/h4-6,8-9,12-13,21H,7H2,1-3H3/t8-,9-,12-,13+/m1/s1. The number of amides is 1. The molecule has 0 radical (unpaired) electrons. The van der Waals surface area contributed by atoms with Crippen LogP contribution in [0.1, 0.15) is 19.4 Å². The van der Waals surface area contributed by atoms with Crippen LogP contribution in [0.25, 0.3) is 0 Å². The number of aliphatic hydroxyl groups excluding tert-OH is 1. The zero-order valence-corrected chi connectivity index (χ0v) is 16.5. The highest BCUT2D eigenvalue weighted by atomic mass is 79.9. The van der Waals surface area contributed by atoms with Crippen molar-refractivity contribution in [1.29, 1.82) is 0 Å². The van der Waals surface area contributed by atoms with Gasteiger partial charge in [0.2, 0.25) is 5.91 Å². The Morgan fingerprint density at radius 1 is 1.52 bits per heavy atom. The number of carboxylic acid groups (broad SMARTS) is 1. The van der Waals surface area contributed by atoms with Crippen LogP contribution >= 0.6 is 27.7 Å². The first-order valence-corrected chi connectivity index (χ1v) is 9.74. The van der Waals surface area contributed by atoms with E-state index in [-0.39, 0.29) is 23.6 Å². The minimum Gasteiger partial charge on any atom is -0.543 e. The van der Waals surface area contributed by atoms with Crippen molar-refractivity contribution in [3.8, 4) is 0 Å². The van der Waals surface area contributed by atoms with E-state index < -0.39 is 18.0 Å². The zero-order chi connectivity index (χ0) is 18.5. The molecule has 0 aromatic carbocycles. The number of nitrogens with zero attached hydrogens (tertiary/aromatic N) is 2. The Balaban J connectivity index is 1.86. The SMILES string of the molecule is C[C@@H](O)[C@H]1C(=O)N2C(C(=O)[O-])=C(SCc3cc(Br)c[n+](C)c3)[C@H](C)[C@@H]12. The molecule has 1 aromatic heterocycles. The molecule has 0 unspecified atom stereocenters. The van der Waals surface area contributed by atoms with Gasteiger partial charge in [0.25, 0.3) is 0 Å². The molecule has 3 heterocycles. The number of aryl methyl sites for hydroxylation is 1. The van der Waals surface area contributed by atoms with Crippen LogP contribution < -0.4 is 9.67 Å². The number of rotatable bonds is 5. The van der Waals surface area contributed by atoms with Gasteiger partial charge < -0.3 is 19.9 Å². The van der Waals surface area contributed by atoms with E-state index in [0.29, 0.717) is 10.7 Å². The van der Waals surface area contributed by atoms with Crippen molar-refractivity contribution in [2.75, 3.05) is 0 Å². The molecule has 1 saturated heterocycles. The first kappa shape index (κ1) is 18.4. The highest BCUT2D eigenvalue weighted by Crippen LogP contribution is 2.50. The molecule has 1 amide bonds. The van der Waals surface area contributed by atoms with Crippen molar-refractivity contribution in [1.82, 2.24) is 4.90 Å². The molecule has 6 nitrogen and oxygen atoms in total. The second-order valence-corrected chi connectivity index (χ2v) is 8.50. The van der Waals surface area contributed by atoms with E-state index in [1.165, 1.54) is 16.7 Å². The highest BCUT2D eigenvalue weighted by Gasteiger charge is 2.58. The van der Waals surface area contributed by atoms with Crippen LogP contribution in [0.3, 0.4) is 0 Å². The lowest BCUT2D eigenvalue weighted by Gasteiger charge is -2.47. The van der Waals surface area contributed by atoms with Crippen molar-refractivity contribution in [2.24, 2.45) is 18.9 Å². The van der Waals surface area contributed by atoms with Crippen LogP contribution in [0.4, 0.5) is 0 Å². The van der Waals surface area contributed by atoms with E-state index in [1.807, 2.05) is 37.0 Å². The number of hydrogen-bond acceptors (Lipinski definition) is 5. The fourth-order valence-corrected chi connectivity index (χ4v) is 5.51. The maximum absolute atomic E-state index is 12.3. The van der Waals surface area contributed by atoms with Gasteiger partial charge in [-0.05, 0) is 28.9 Å². The number of β-lactam (4-membered cyclic amide) rings is 1. The van der Waals surface area contributed by atoms with Crippen LogP contribution in [0.15, 0.2) is 33.5 Å². The first-order valence-electron chi connectivity index (χ1n) is 7.96. The molecule has 0 saturated carbocycles. The summed E-state index contributed by atoms with van der Waals surface area (Å²) in [6, 6.07) is 1.67. The summed E-state index contributed by atoms with van der Waals surface area (Å²) in [5, 5.41) is 21.5. The summed E-state index contributed by atoms with van der Waals surface area (Å²) >= 11 is 4.86. The molecule has 25 heavy (non-hydrogen) atoms. The van der Waals surface area contributed by atoms with Crippen LogP contribution in [-0.2, 0) is 22.4 Å². The average molecular weight is 427 g/mol. The van der Waals surface area contributed by atoms with Crippen molar-refractivity contribution in [2.45, 2.75) is 31.7 Å². The van der Waals surface area contributed by atoms with E-state index in [2.05, 4.69) is 15.9 Å². The van der Waals surface area contributed by atoms with Gasteiger partial charge in [-0.1, -0.05) is 6.92 Å². The summed E-state index contributed by atoms with van der Waals surface area (Å²) in [6.07, 6.45) is 3.10. The smallest absolute Gasteiger partial charge is 0.235 e. The van der Waals surface area contributed by atoms with Gasteiger partial charge in [0.15, 0.2) is 12.4 Å². The summed E-state index contributed by atoms with van der Waals surface area (Å²) in [6.45, 7) is 3.47. The number of aliphatic hydroxyl groups is 1. The van der Waals surface area contributed by atoms with E-state index in [0.717, 1.165) is 10.0 Å². The van der Waals surface area contributed by atoms with Gasteiger partial charge in [0, 0.05) is 22.1 Å². The summed E-state index contributed by atoms with van der Waals surface area (Å²) in [5.41, 5.74) is 0.996. The lowest BCUT2D eigenvalue weighted by Crippen LogP contribution is -2.64. The van der Waals surface area contributed by atoms with E-state index in [4.69, 9.17) is 0 Å². The van der Waals surface area contributed by atoms with Gasteiger partial charge in [-0.3, -0.25) is 4.79 Å². The minimum atomic E-state index is -1.34. The number of thioether (sulfide) groups is 1. The number of aromatic nitrogens is 1. The van der Waals surface area contributed by atoms with Crippen molar-refractivity contribution < 1.29 is 24.4 Å². The van der Waals surface area contributed by atoms with Gasteiger partial charge in [-0.2, -0.15) is 0 Å². The maximum atomic E-state index is 12.3. The molecule has 0 bridgehead atoms. The molecule has 8 heteroatoms. The van der Waals surface area contributed by atoms with E-state index in [9.17, 15) is 19.8 Å². The number of fused-ring (bicyclic) bond motifs is 1. The molecular weight excluding hydrogens is 408 g/mol. The Labute approximate surface area is 158 Å². The third-order valence-electron chi connectivity index (χ3n) is 4.72. The summed E-state index contributed by atoms with van der Waals surface area (Å²) in [5.74, 6) is -1.79. The van der Waals surface area contributed by atoms with Gasteiger partial charge >= 0.3 is 0 Å². The van der Waals surface area contributed by atoms with Crippen LogP contribution in [-0.4, -0.2) is 34.0 Å². The van der Waals surface area contributed by atoms with Gasteiger partial charge in [-0.25, -0.2) is 4.57 Å². The third kappa shape index (κ3) is 3.11. The molecule has 4 atom stereocenters. The fraction of sp³-hybridized carbons (Fsp3) is 0.471. The second-order valence-electron chi connectivity index (χ2n) is 6.57. The molecule has 2 aliphatic rings. The summed E-state index contributed by atoms with van der Waals surface area (Å²) in [7, 11) is 1.92. The van der Waals surface area contributed by atoms with Gasteiger partial charge in [-0.15, -0.1) is 11.8 Å². The number of carbonyl (C=O) groups excluding carboxylic acids is 2. The van der Waals surface area contributed by atoms with Gasteiger partial charge in [0.05, 0.1) is 34.2 Å². The Morgan fingerprint density at radius 3 is 2.76 bits per heavy atom. The normalized spacial score (nSPS) is 26.5. The topological polar surface area (TPSA) is 84.5 Å². The zero-order valence-electron chi connectivity index (χ0n) is 14.1. The van der Waals surface area contributed by atoms with Crippen LogP contribution in [0.2, 0.25) is 0 Å². The number of pyridine rings is 1. The molecule has 3 rings (SSSR count). The number of carboxylic acids is 1. The molecule has 0 aliphatic carbocycles. The van der Waals surface area contributed by atoms with Gasteiger partial charge in [0.1, 0.15) is 7.05 Å². The molecule has 134 valence electrons. The number of aliphatic carboxylic acids is 1. The largest absolute Gasteiger partial charge is 0.543 e. The van der Waals surface area contributed by atoms with Crippen LogP contribution in [0.5, 0.6) is 0 Å². The number of hydrogen-bond donors (Lipinski definition) is 1. The van der Waals surface area contributed by atoms with Crippen LogP contribution in [0, 0.1) is 11.8 Å². The van der Waals surface area contributed by atoms with Crippen molar-refractivity contribution in [3.05, 3.63) is 39.1 Å². The molecule has 1 aromatic rings. The first-order chi connectivity index (χ1) is 11.7.